The van der Waals surface area contributed by atoms with Gasteiger partial charge in [0.1, 0.15) is 5.82 Å². The molecule has 1 unspecified atom stereocenters. The van der Waals surface area contributed by atoms with E-state index in [4.69, 9.17) is 9.98 Å². The van der Waals surface area contributed by atoms with Crippen LogP contribution in [0.25, 0.3) is 0 Å². The number of guanidine groups is 1. The van der Waals surface area contributed by atoms with Crippen molar-refractivity contribution in [3.63, 3.8) is 0 Å². The normalized spacial score (nSPS) is 17.6. The van der Waals surface area contributed by atoms with E-state index in [0.29, 0.717) is 37.9 Å². The molecule has 2 heterocycles. The Morgan fingerprint density at radius 1 is 1.27 bits per heavy atom. The number of carbonyl (C=O) groups is 1. The van der Waals surface area contributed by atoms with Gasteiger partial charge in [0.2, 0.25) is 11.9 Å². The Morgan fingerprint density at radius 2 is 2.00 bits per heavy atom. The van der Waals surface area contributed by atoms with E-state index in [1.54, 1.807) is 7.05 Å². The van der Waals surface area contributed by atoms with Gasteiger partial charge in [0, 0.05) is 43.9 Å². The smallest absolute Gasteiger partial charge is 0.225 e. The second-order valence-electron chi connectivity index (χ2n) is 10.4. The minimum atomic E-state index is 0.177. The van der Waals surface area contributed by atoms with Crippen molar-refractivity contribution in [3.8, 4) is 6.07 Å². The molecule has 1 saturated carbocycles. The van der Waals surface area contributed by atoms with Gasteiger partial charge in [-0.2, -0.15) is 5.26 Å². The summed E-state index contributed by atoms with van der Waals surface area (Å²) < 4.78 is 2.14. The van der Waals surface area contributed by atoms with Crippen LogP contribution in [0.15, 0.2) is 40.4 Å². The lowest BCUT2D eigenvalue weighted by Gasteiger charge is -2.43. The lowest BCUT2D eigenvalue weighted by molar-refractivity contribution is -0.142. The van der Waals surface area contributed by atoms with Crippen LogP contribution in [0.4, 0.5) is 0 Å². The van der Waals surface area contributed by atoms with E-state index >= 15 is 0 Å². The predicted molar refractivity (Wildman–Crippen MR) is 147 cm³/mol. The van der Waals surface area contributed by atoms with Crippen molar-refractivity contribution in [3.05, 3.63) is 53.1 Å². The molecule has 0 radical (unpaired) electrons. The van der Waals surface area contributed by atoms with Gasteiger partial charge in [0.15, 0.2) is 0 Å². The fourth-order valence-electron chi connectivity index (χ4n) is 5.19. The molecule has 1 amide bonds. The Hall–Kier alpha value is -3.47. The minimum Gasteiger partial charge on any atom is -0.348 e. The number of aryl methyl sites for hydroxylation is 1. The summed E-state index contributed by atoms with van der Waals surface area (Å²) in [4.78, 5) is 28.2. The molecule has 1 saturated heterocycles. The van der Waals surface area contributed by atoms with Crippen LogP contribution in [0.5, 0.6) is 0 Å². The Balaban J connectivity index is 1.42. The van der Waals surface area contributed by atoms with Crippen LogP contribution in [0.1, 0.15) is 68.6 Å². The van der Waals surface area contributed by atoms with Gasteiger partial charge in [0.25, 0.3) is 0 Å². The van der Waals surface area contributed by atoms with Crippen molar-refractivity contribution in [1.29, 1.82) is 5.26 Å². The maximum absolute atomic E-state index is 12.4. The number of hydrogen-bond donors (Lipinski definition) is 1. The van der Waals surface area contributed by atoms with E-state index in [2.05, 4.69) is 59.1 Å². The molecule has 1 N–H and O–H groups in total. The number of aromatic nitrogens is 2. The number of carbonyl (C=O) groups excluding carboxylic acids is 1. The molecular formula is C29H39N7O. The first-order valence-corrected chi connectivity index (χ1v) is 13.5. The summed E-state index contributed by atoms with van der Waals surface area (Å²) in [6.07, 6.45) is 7.26. The number of nitrogens with one attached hydrogen (secondary N) is 1. The second kappa shape index (κ2) is 12.2. The number of likely N-dealkylation sites (tertiary alicyclic amines) is 1. The zero-order chi connectivity index (χ0) is 26.4. The van der Waals surface area contributed by atoms with Crippen molar-refractivity contribution >= 4 is 17.6 Å². The first-order chi connectivity index (χ1) is 17.9. The highest BCUT2D eigenvalue weighted by molar-refractivity contribution is 5.96. The molecule has 1 aromatic heterocycles. The molecule has 0 spiro atoms. The largest absolute Gasteiger partial charge is 0.348 e. The third kappa shape index (κ3) is 6.27. The lowest BCUT2D eigenvalue weighted by atomic mass is 9.83. The van der Waals surface area contributed by atoms with E-state index in [-0.39, 0.29) is 17.9 Å². The number of nitriles is 1. The quantitative estimate of drug-likeness (QED) is 0.416. The SMILES string of the molecule is CCc1ccccc1CC(C)c1ncc(CC#N)n1CC(C)=NC(=NC)NC1CN(C(=O)C2CCC2)C1. The first-order valence-electron chi connectivity index (χ1n) is 13.5. The number of benzene rings is 1. The van der Waals surface area contributed by atoms with Crippen molar-refractivity contribution in [2.75, 3.05) is 20.1 Å². The van der Waals surface area contributed by atoms with Gasteiger partial charge in [-0.15, -0.1) is 0 Å². The number of rotatable bonds is 9. The summed E-state index contributed by atoms with van der Waals surface area (Å²) in [7, 11) is 1.73. The highest BCUT2D eigenvalue weighted by Gasteiger charge is 2.36. The molecule has 196 valence electrons. The molecule has 2 aliphatic rings. The Morgan fingerprint density at radius 3 is 2.62 bits per heavy atom. The van der Waals surface area contributed by atoms with Gasteiger partial charge in [-0.25, -0.2) is 9.98 Å². The molecule has 1 aliphatic heterocycles. The standard InChI is InChI=1S/C29H39N7O/c1-5-22-9-6-7-10-24(22)15-20(2)27-32-16-26(13-14-30)36(27)17-21(3)33-29(31-4)34-25-18-35(19-25)28(37)23-11-8-12-23/h6-7,9-10,16,20,23,25H,5,8,11-13,15,17-19H2,1-4H3,(H,31,34). The Labute approximate surface area is 220 Å². The molecule has 37 heavy (non-hydrogen) atoms. The molecule has 8 nitrogen and oxygen atoms in total. The van der Waals surface area contributed by atoms with Crippen LogP contribution in [0.3, 0.4) is 0 Å². The van der Waals surface area contributed by atoms with Gasteiger partial charge < -0.3 is 14.8 Å². The van der Waals surface area contributed by atoms with E-state index < -0.39 is 0 Å². The van der Waals surface area contributed by atoms with Crippen molar-refractivity contribution in [1.82, 2.24) is 19.8 Å². The third-order valence-corrected chi connectivity index (χ3v) is 7.57. The van der Waals surface area contributed by atoms with Crippen molar-refractivity contribution in [2.24, 2.45) is 15.9 Å². The van der Waals surface area contributed by atoms with Crippen molar-refractivity contribution < 1.29 is 4.79 Å². The zero-order valence-corrected chi connectivity index (χ0v) is 22.6. The van der Waals surface area contributed by atoms with E-state index in [1.165, 1.54) is 17.5 Å². The van der Waals surface area contributed by atoms with Crippen LogP contribution in [0.2, 0.25) is 0 Å². The highest BCUT2D eigenvalue weighted by Crippen LogP contribution is 2.29. The average Bonchev–Trinajstić information content (AvgIpc) is 3.21. The molecule has 1 atom stereocenters. The molecule has 4 rings (SSSR count). The summed E-state index contributed by atoms with van der Waals surface area (Å²) >= 11 is 0. The minimum absolute atomic E-state index is 0.177. The predicted octanol–water partition coefficient (Wildman–Crippen LogP) is 3.90. The highest BCUT2D eigenvalue weighted by atomic mass is 16.2. The first kappa shape index (κ1) is 26.6. The topological polar surface area (TPSA) is 98.7 Å². The molecule has 8 heteroatoms. The fourth-order valence-corrected chi connectivity index (χ4v) is 5.19. The fraction of sp³-hybridized carbons (Fsp3) is 0.552. The Bertz CT molecular complexity index is 1200. The van der Waals surface area contributed by atoms with Crippen LogP contribution < -0.4 is 5.32 Å². The van der Waals surface area contributed by atoms with Crippen molar-refractivity contribution in [2.45, 2.75) is 77.8 Å². The van der Waals surface area contributed by atoms with Gasteiger partial charge in [-0.05, 0) is 43.7 Å². The molecule has 0 bridgehead atoms. The van der Waals surface area contributed by atoms with Gasteiger partial charge >= 0.3 is 0 Å². The van der Waals surface area contributed by atoms with E-state index in [1.807, 2.05) is 18.0 Å². The Kier molecular flexibility index (Phi) is 8.75. The summed E-state index contributed by atoms with van der Waals surface area (Å²) in [5.41, 5.74) is 4.49. The summed E-state index contributed by atoms with van der Waals surface area (Å²) in [5, 5.41) is 12.8. The number of amides is 1. The van der Waals surface area contributed by atoms with Gasteiger partial charge in [-0.1, -0.05) is 44.5 Å². The maximum Gasteiger partial charge on any atom is 0.225 e. The number of nitrogens with zero attached hydrogens (tertiary/aromatic N) is 6. The summed E-state index contributed by atoms with van der Waals surface area (Å²) in [5.74, 6) is 2.28. The number of hydrogen-bond acceptors (Lipinski definition) is 4. The third-order valence-electron chi connectivity index (χ3n) is 7.57. The van der Waals surface area contributed by atoms with Crippen LogP contribution >= 0.6 is 0 Å². The number of imidazole rings is 1. The van der Waals surface area contributed by atoms with Gasteiger partial charge in [-0.3, -0.25) is 9.79 Å². The van der Waals surface area contributed by atoms with Gasteiger partial charge in [0.05, 0.1) is 30.8 Å². The molecule has 1 aliphatic carbocycles. The zero-order valence-electron chi connectivity index (χ0n) is 22.6. The summed E-state index contributed by atoms with van der Waals surface area (Å²) in [6.45, 7) is 8.32. The lowest BCUT2D eigenvalue weighted by Crippen LogP contribution is -2.62. The van der Waals surface area contributed by atoms with Crippen LogP contribution in [0, 0.1) is 17.2 Å². The number of aliphatic imine (C=N–C) groups is 2. The van der Waals surface area contributed by atoms with E-state index in [9.17, 15) is 10.1 Å². The average molecular weight is 502 g/mol. The monoisotopic (exact) mass is 501 g/mol. The maximum atomic E-state index is 12.4. The molecule has 2 fully saturated rings. The van der Waals surface area contributed by atoms with E-state index in [0.717, 1.165) is 42.9 Å². The summed E-state index contributed by atoms with van der Waals surface area (Å²) in [6, 6.07) is 11.0. The van der Waals surface area contributed by atoms with Crippen LogP contribution in [-0.2, 0) is 30.6 Å². The second-order valence-corrected chi connectivity index (χ2v) is 10.4. The van der Waals surface area contributed by atoms with Crippen LogP contribution in [-0.4, -0.2) is 58.2 Å². The molecule has 1 aromatic carbocycles. The molecule has 2 aromatic rings. The molecular weight excluding hydrogens is 462 g/mol.